The predicted octanol–water partition coefficient (Wildman–Crippen LogP) is 0.409. The molecule has 1 aromatic rings. The Kier molecular flexibility index (Phi) is 3.13. The topological polar surface area (TPSA) is 83.8 Å². The highest BCUT2D eigenvalue weighted by atomic mass is 79.9. The van der Waals surface area contributed by atoms with Crippen LogP contribution in [0.15, 0.2) is 27.5 Å². The van der Waals surface area contributed by atoms with Crippen LogP contribution in [0.3, 0.4) is 0 Å². The summed E-state index contributed by atoms with van der Waals surface area (Å²) >= 11 is 3.33. The molecule has 0 spiro atoms. The Bertz CT molecular complexity index is 974. The molecule has 1 aromatic carbocycles. The fourth-order valence-corrected chi connectivity index (χ4v) is 2.31. The second kappa shape index (κ2) is 4.85. The van der Waals surface area contributed by atoms with Crippen LogP contribution in [0, 0.1) is 6.92 Å². The lowest BCUT2D eigenvalue weighted by Crippen LogP contribution is -2.32. The molecule has 2 aliphatic heterocycles. The van der Waals surface area contributed by atoms with E-state index in [9.17, 15) is 9.90 Å². The number of nitrogens with zero attached hydrogens (tertiary/aromatic N) is 3. The van der Waals surface area contributed by atoms with Crippen molar-refractivity contribution in [3.8, 4) is 11.7 Å². The summed E-state index contributed by atoms with van der Waals surface area (Å²) in [5, 5.41) is 13.7. The van der Waals surface area contributed by atoms with E-state index >= 15 is 0 Å². The van der Waals surface area contributed by atoms with Gasteiger partial charge < -0.3 is 5.11 Å². The normalized spacial score (nSPS) is 12.2. The molecule has 2 heterocycles. The minimum absolute atomic E-state index is 0.0717. The van der Waals surface area contributed by atoms with E-state index in [4.69, 9.17) is 0 Å². The zero-order valence-electron chi connectivity index (χ0n) is 11.1. The van der Waals surface area contributed by atoms with E-state index in [0.717, 1.165) is 4.47 Å². The van der Waals surface area contributed by atoms with E-state index in [0.29, 0.717) is 16.6 Å². The molecule has 106 valence electrons. The highest BCUT2D eigenvalue weighted by Crippen LogP contribution is 2.22. The van der Waals surface area contributed by atoms with Gasteiger partial charge in [-0.15, -0.1) is 0 Å². The lowest BCUT2D eigenvalue weighted by Gasteiger charge is -2.04. The van der Waals surface area contributed by atoms with Crippen molar-refractivity contribution >= 4 is 28.6 Å². The van der Waals surface area contributed by atoms with Crippen LogP contribution in [0.25, 0.3) is 18.6 Å². The number of phenols is 1. The number of aryl methyl sites for hydroxylation is 1. The molecule has 0 saturated heterocycles. The van der Waals surface area contributed by atoms with Gasteiger partial charge in [0.1, 0.15) is 11.1 Å². The van der Waals surface area contributed by atoms with Gasteiger partial charge in [0, 0.05) is 10.0 Å². The van der Waals surface area contributed by atoms with Gasteiger partial charge in [0.25, 0.3) is 11.5 Å². The van der Waals surface area contributed by atoms with E-state index < -0.39 is 5.56 Å². The molecule has 0 amide bonds. The predicted molar refractivity (Wildman–Crippen MR) is 82.0 cm³/mol. The van der Waals surface area contributed by atoms with Gasteiger partial charge in [-0.05, 0) is 31.2 Å². The number of aromatic nitrogens is 4. The van der Waals surface area contributed by atoms with Gasteiger partial charge in [-0.1, -0.05) is 22.5 Å². The average Bonchev–Trinajstić information content (AvgIpc) is 2.71. The van der Waals surface area contributed by atoms with Gasteiger partial charge in [0.15, 0.2) is 0 Å². The van der Waals surface area contributed by atoms with Crippen molar-refractivity contribution in [2.45, 2.75) is 6.92 Å². The van der Waals surface area contributed by atoms with Gasteiger partial charge in [0.05, 0.1) is 11.0 Å². The number of hydrogen-bond acceptors (Lipinski definition) is 4. The maximum Gasteiger partial charge on any atom is 0.299 e. The molecule has 7 heteroatoms. The van der Waals surface area contributed by atoms with Crippen molar-refractivity contribution in [2.75, 3.05) is 0 Å². The van der Waals surface area contributed by atoms with Gasteiger partial charge in [-0.2, -0.15) is 4.98 Å². The smallest absolute Gasteiger partial charge is 0.299 e. The molecule has 2 aliphatic rings. The highest BCUT2D eigenvalue weighted by Gasteiger charge is 2.12. The van der Waals surface area contributed by atoms with E-state index in [2.05, 4.69) is 37.6 Å². The molecular formula is C14H11BrN4O2. The first kappa shape index (κ1) is 13.6. The molecule has 21 heavy (non-hydrogen) atoms. The number of imidazole rings is 1. The SMILES string of the molecule is C=c1[nH]n2/c(=C/c3cc(Br)ccc3O)c(=O)nc-2nc1C. The van der Waals surface area contributed by atoms with Crippen molar-refractivity contribution in [1.82, 2.24) is 19.7 Å². The molecule has 6 nitrogen and oxygen atoms in total. The molecule has 0 radical (unpaired) electrons. The Morgan fingerprint density at radius 3 is 2.95 bits per heavy atom. The van der Waals surface area contributed by atoms with Crippen molar-refractivity contribution in [1.29, 1.82) is 0 Å². The van der Waals surface area contributed by atoms with Crippen LogP contribution in [0.1, 0.15) is 11.3 Å². The summed E-state index contributed by atoms with van der Waals surface area (Å²) in [6, 6.07) is 4.97. The third kappa shape index (κ3) is 2.36. The number of aromatic hydroxyl groups is 1. The number of fused-ring (bicyclic) bond motifs is 1. The number of nitrogens with one attached hydrogen (secondary N) is 1. The summed E-state index contributed by atoms with van der Waals surface area (Å²) in [6.45, 7) is 5.60. The number of rotatable bonds is 1. The number of halogens is 1. The van der Waals surface area contributed by atoms with Crippen LogP contribution in [0.4, 0.5) is 0 Å². The summed E-state index contributed by atoms with van der Waals surface area (Å²) in [6.07, 6.45) is 1.55. The van der Waals surface area contributed by atoms with Crippen LogP contribution in [-0.4, -0.2) is 24.9 Å². The maximum absolute atomic E-state index is 12.0. The molecule has 0 atom stereocenters. The molecule has 0 fully saturated rings. The van der Waals surface area contributed by atoms with E-state index in [-0.39, 0.29) is 17.0 Å². The second-order valence-corrected chi connectivity index (χ2v) is 5.49. The first-order valence-electron chi connectivity index (χ1n) is 6.10. The average molecular weight is 347 g/mol. The van der Waals surface area contributed by atoms with Crippen molar-refractivity contribution in [3.63, 3.8) is 0 Å². The van der Waals surface area contributed by atoms with Crippen LogP contribution in [0.5, 0.6) is 5.75 Å². The minimum atomic E-state index is -0.428. The number of hydrogen-bond donors (Lipinski definition) is 2. The summed E-state index contributed by atoms with van der Waals surface area (Å²) < 4.78 is 2.25. The quantitative estimate of drug-likeness (QED) is 0.668. The number of phenolic OH excluding ortho intramolecular Hbond substituents is 1. The summed E-state index contributed by atoms with van der Waals surface area (Å²) in [5.41, 5.74) is 0.746. The molecule has 2 N–H and O–H groups in total. The van der Waals surface area contributed by atoms with Crippen molar-refractivity contribution < 1.29 is 5.11 Å². The standard InChI is InChI=1S/C14H11BrN4O2/c1-7-8(2)18-19-11(13(21)17-14(19)16-7)6-9-5-10(15)3-4-12(9)20/h3-6,18,20H,2H2,1H3/b11-6+. The Hall–Kier alpha value is -2.41. The fourth-order valence-electron chi connectivity index (χ4n) is 1.93. The van der Waals surface area contributed by atoms with E-state index in [1.165, 1.54) is 4.68 Å². The number of aromatic amines is 1. The highest BCUT2D eigenvalue weighted by molar-refractivity contribution is 9.10. The maximum atomic E-state index is 12.0. The Morgan fingerprint density at radius 1 is 1.43 bits per heavy atom. The summed E-state index contributed by atoms with van der Waals surface area (Å²) in [7, 11) is 0. The first-order chi connectivity index (χ1) is 9.95. The molecular weight excluding hydrogens is 336 g/mol. The lowest BCUT2D eigenvalue weighted by molar-refractivity contribution is 0.474. The van der Waals surface area contributed by atoms with Crippen LogP contribution in [0.2, 0.25) is 0 Å². The molecule has 0 bridgehead atoms. The van der Waals surface area contributed by atoms with E-state index in [1.54, 1.807) is 31.2 Å². The van der Waals surface area contributed by atoms with Crippen molar-refractivity contribution in [2.24, 2.45) is 0 Å². The fraction of sp³-hybridized carbons (Fsp3) is 0.0714. The minimum Gasteiger partial charge on any atom is -0.507 e. The van der Waals surface area contributed by atoms with Gasteiger partial charge in [0.2, 0.25) is 0 Å². The number of benzene rings is 1. The summed E-state index contributed by atoms with van der Waals surface area (Å²) in [4.78, 5) is 20.1. The first-order valence-corrected chi connectivity index (χ1v) is 6.89. The molecule has 0 aliphatic carbocycles. The third-order valence-corrected chi connectivity index (χ3v) is 3.59. The largest absolute Gasteiger partial charge is 0.507 e. The second-order valence-electron chi connectivity index (χ2n) is 4.57. The van der Waals surface area contributed by atoms with Gasteiger partial charge in [-0.3, -0.25) is 9.89 Å². The Labute approximate surface area is 127 Å². The van der Waals surface area contributed by atoms with Crippen molar-refractivity contribution in [3.05, 3.63) is 55.0 Å². The Morgan fingerprint density at radius 2 is 2.19 bits per heavy atom. The van der Waals surface area contributed by atoms with Crippen LogP contribution >= 0.6 is 15.9 Å². The lowest BCUT2D eigenvalue weighted by atomic mass is 10.2. The molecule has 0 saturated carbocycles. The number of H-pyrrole nitrogens is 1. The monoisotopic (exact) mass is 346 g/mol. The zero-order valence-corrected chi connectivity index (χ0v) is 12.7. The summed E-state index contributed by atoms with van der Waals surface area (Å²) in [5.74, 6) is 0.341. The van der Waals surface area contributed by atoms with Crippen LogP contribution < -0.4 is 16.3 Å². The van der Waals surface area contributed by atoms with E-state index in [1.807, 2.05) is 0 Å². The van der Waals surface area contributed by atoms with Crippen LogP contribution in [-0.2, 0) is 0 Å². The molecule has 0 unspecified atom stereocenters. The van der Waals surface area contributed by atoms with Gasteiger partial charge >= 0.3 is 0 Å². The third-order valence-electron chi connectivity index (χ3n) is 3.09. The Balaban J connectivity index is 2.35. The molecule has 0 aromatic heterocycles. The zero-order chi connectivity index (χ0) is 15.1. The molecule has 3 rings (SSSR count). The van der Waals surface area contributed by atoms with Gasteiger partial charge in [-0.25, -0.2) is 9.67 Å².